The van der Waals surface area contributed by atoms with Crippen molar-refractivity contribution in [1.82, 2.24) is 10.3 Å². The molecule has 3 rings (SSSR count). The van der Waals surface area contributed by atoms with Gasteiger partial charge in [0.2, 0.25) is 0 Å². The van der Waals surface area contributed by atoms with Crippen LogP contribution in [0.2, 0.25) is 0 Å². The highest BCUT2D eigenvalue weighted by Gasteiger charge is 2.28. The molecule has 21 heavy (non-hydrogen) atoms. The number of thiazole rings is 1. The summed E-state index contributed by atoms with van der Waals surface area (Å²) in [4.78, 5) is 6.23. The van der Waals surface area contributed by atoms with Gasteiger partial charge >= 0.3 is 0 Å². The van der Waals surface area contributed by atoms with E-state index in [1.54, 1.807) is 11.3 Å². The van der Waals surface area contributed by atoms with Crippen molar-refractivity contribution < 1.29 is 4.74 Å². The van der Waals surface area contributed by atoms with Gasteiger partial charge in [0.1, 0.15) is 10.8 Å². The first-order valence-corrected chi connectivity index (χ1v) is 8.45. The van der Waals surface area contributed by atoms with Crippen molar-refractivity contribution >= 4 is 11.3 Å². The summed E-state index contributed by atoms with van der Waals surface area (Å²) >= 11 is 1.80. The Morgan fingerprint density at radius 2 is 2.19 bits per heavy atom. The summed E-state index contributed by atoms with van der Waals surface area (Å²) in [6, 6.07) is 8.29. The smallest absolute Gasteiger partial charge is 0.154 e. The van der Waals surface area contributed by atoms with E-state index >= 15 is 0 Å². The maximum absolute atomic E-state index is 6.07. The van der Waals surface area contributed by atoms with Crippen LogP contribution in [0.1, 0.15) is 53.9 Å². The fraction of sp³-hybridized carbons (Fsp3) is 0.471. The average Bonchev–Trinajstić information content (AvgIpc) is 3.08. The Morgan fingerprint density at radius 3 is 2.90 bits per heavy atom. The molecule has 0 bridgehead atoms. The van der Waals surface area contributed by atoms with E-state index in [0.29, 0.717) is 5.92 Å². The van der Waals surface area contributed by atoms with Crippen LogP contribution in [0.4, 0.5) is 0 Å². The van der Waals surface area contributed by atoms with Crippen LogP contribution in [0.25, 0.3) is 0 Å². The molecule has 112 valence electrons. The third-order valence-electron chi connectivity index (χ3n) is 3.75. The fourth-order valence-corrected chi connectivity index (χ4v) is 3.88. The minimum absolute atomic E-state index is 0.0836. The topological polar surface area (TPSA) is 34.1 Å². The van der Waals surface area contributed by atoms with Crippen LogP contribution in [-0.4, -0.2) is 11.5 Å². The van der Waals surface area contributed by atoms with Gasteiger partial charge in [-0.15, -0.1) is 11.3 Å². The molecule has 1 aromatic heterocycles. The van der Waals surface area contributed by atoms with Gasteiger partial charge in [0.05, 0.1) is 5.69 Å². The zero-order chi connectivity index (χ0) is 14.8. The largest absolute Gasteiger partial charge is 0.483 e. The van der Waals surface area contributed by atoms with Gasteiger partial charge in [-0.25, -0.2) is 4.98 Å². The molecule has 0 amide bonds. The number of hydrogen-bond acceptors (Lipinski definition) is 4. The third kappa shape index (κ3) is 2.97. The highest BCUT2D eigenvalue weighted by molar-refractivity contribution is 7.11. The Bertz CT molecular complexity index is 596. The predicted octanol–water partition coefficient (Wildman–Crippen LogP) is 4.05. The Labute approximate surface area is 130 Å². The molecule has 1 atom stereocenters. The van der Waals surface area contributed by atoms with Crippen LogP contribution in [0.5, 0.6) is 5.75 Å². The van der Waals surface area contributed by atoms with Crippen molar-refractivity contribution in [3.8, 4) is 5.75 Å². The van der Waals surface area contributed by atoms with Crippen molar-refractivity contribution in [2.24, 2.45) is 0 Å². The molecule has 0 saturated carbocycles. The van der Waals surface area contributed by atoms with Gasteiger partial charge in [0.25, 0.3) is 0 Å². The third-order valence-corrected chi connectivity index (χ3v) is 4.91. The van der Waals surface area contributed by atoms with Gasteiger partial charge < -0.3 is 10.1 Å². The summed E-state index contributed by atoms with van der Waals surface area (Å²) in [5, 5.41) is 4.52. The van der Waals surface area contributed by atoms with Crippen LogP contribution < -0.4 is 10.1 Å². The Hall–Kier alpha value is -1.39. The van der Waals surface area contributed by atoms with Crippen molar-refractivity contribution in [2.45, 2.75) is 45.8 Å². The summed E-state index contributed by atoms with van der Waals surface area (Å²) < 4.78 is 6.07. The van der Waals surface area contributed by atoms with Crippen LogP contribution in [0.15, 0.2) is 24.3 Å². The number of hydrogen-bond donors (Lipinski definition) is 1. The summed E-state index contributed by atoms with van der Waals surface area (Å²) in [6.07, 6.45) is 1.02. The minimum Gasteiger partial charge on any atom is -0.483 e. The second-order valence-electron chi connectivity index (χ2n) is 5.71. The predicted molar refractivity (Wildman–Crippen MR) is 87.1 cm³/mol. The molecule has 1 aromatic carbocycles. The summed E-state index contributed by atoms with van der Waals surface area (Å²) in [6.45, 7) is 8.43. The lowest BCUT2D eigenvalue weighted by molar-refractivity contribution is 0.238. The summed E-state index contributed by atoms with van der Waals surface area (Å²) in [5.74, 6) is 1.46. The average molecular weight is 302 g/mol. The molecule has 1 aliphatic rings. The molecule has 0 saturated heterocycles. The van der Waals surface area contributed by atoms with Crippen LogP contribution in [-0.2, 0) is 13.0 Å². The molecule has 2 heterocycles. The molecule has 3 nitrogen and oxygen atoms in total. The number of benzene rings is 1. The van der Waals surface area contributed by atoms with E-state index in [-0.39, 0.29) is 6.10 Å². The molecular weight excluding hydrogens is 280 g/mol. The number of para-hydroxylation sites is 1. The van der Waals surface area contributed by atoms with Gasteiger partial charge in [-0.2, -0.15) is 0 Å². The first-order chi connectivity index (χ1) is 10.2. The number of fused-ring (bicyclic) bond motifs is 1. The molecule has 0 radical (unpaired) electrons. The van der Waals surface area contributed by atoms with E-state index in [9.17, 15) is 0 Å². The molecule has 0 spiro atoms. The molecule has 1 unspecified atom stereocenters. The second kappa shape index (κ2) is 6.16. The van der Waals surface area contributed by atoms with E-state index < -0.39 is 0 Å². The zero-order valence-corrected chi connectivity index (χ0v) is 13.7. The van der Waals surface area contributed by atoms with E-state index in [1.165, 1.54) is 16.1 Å². The molecule has 1 N–H and O–H groups in total. The lowest BCUT2D eigenvalue weighted by Gasteiger charge is -2.06. The van der Waals surface area contributed by atoms with Crippen molar-refractivity contribution in [3.05, 3.63) is 45.4 Å². The normalized spacial score (nSPS) is 17.0. The maximum Gasteiger partial charge on any atom is 0.154 e. The van der Waals surface area contributed by atoms with Gasteiger partial charge in [-0.1, -0.05) is 39.0 Å². The van der Waals surface area contributed by atoms with Gasteiger partial charge in [0.15, 0.2) is 6.10 Å². The van der Waals surface area contributed by atoms with Gasteiger partial charge in [-0.3, -0.25) is 0 Å². The highest BCUT2D eigenvalue weighted by atomic mass is 32.1. The minimum atomic E-state index is 0.0836. The SMILES string of the molecule is CCNCc1sc(C2Cc3ccccc3O2)nc1C(C)C. The summed E-state index contributed by atoms with van der Waals surface area (Å²) in [7, 11) is 0. The van der Waals surface area contributed by atoms with Crippen LogP contribution in [0, 0.1) is 0 Å². The van der Waals surface area contributed by atoms with Gasteiger partial charge in [0, 0.05) is 17.8 Å². The van der Waals surface area contributed by atoms with E-state index in [1.807, 2.05) is 12.1 Å². The van der Waals surface area contributed by atoms with E-state index in [0.717, 1.165) is 30.3 Å². The lowest BCUT2D eigenvalue weighted by atomic mass is 10.1. The number of rotatable bonds is 5. The van der Waals surface area contributed by atoms with E-state index in [2.05, 4.69) is 38.2 Å². The summed E-state index contributed by atoms with van der Waals surface area (Å²) in [5.41, 5.74) is 2.51. The van der Waals surface area contributed by atoms with Gasteiger partial charge in [-0.05, 0) is 24.1 Å². The lowest BCUT2D eigenvalue weighted by Crippen LogP contribution is -2.12. The molecular formula is C17H22N2OS. The van der Waals surface area contributed by atoms with Crippen molar-refractivity contribution in [3.63, 3.8) is 0 Å². The fourth-order valence-electron chi connectivity index (χ4n) is 2.66. The molecule has 1 aliphatic heterocycles. The van der Waals surface area contributed by atoms with Crippen LogP contribution >= 0.6 is 11.3 Å². The monoisotopic (exact) mass is 302 g/mol. The highest BCUT2D eigenvalue weighted by Crippen LogP contribution is 2.39. The second-order valence-corrected chi connectivity index (χ2v) is 6.83. The Morgan fingerprint density at radius 1 is 1.38 bits per heavy atom. The number of nitrogens with zero attached hydrogens (tertiary/aromatic N) is 1. The first kappa shape index (κ1) is 14.5. The van der Waals surface area contributed by atoms with Crippen molar-refractivity contribution in [1.29, 1.82) is 0 Å². The number of nitrogens with one attached hydrogen (secondary N) is 1. The number of ether oxygens (including phenoxy) is 1. The zero-order valence-electron chi connectivity index (χ0n) is 12.8. The Balaban J connectivity index is 1.83. The van der Waals surface area contributed by atoms with Crippen molar-refractivity contribution in [2.75, 3.05) is 6.54 Å². The maximum atomic E-state index is 6.07. The molecule has 0 fully saturated rings. The quantitative estimate of drug-likeness (QED) is 0.904. The Kier molecular flexibility index (Phi) is 4.27. The molecule has 4 heteroatoms. The standard InChI is InChI=1S/C17H22N2OS/c1-4-18-10-15-16(11(2)3)19-17(21-15)14-9-12-7-5-6-8-13(12)20-14/h5-8,11,14,18H,4,9-10H2,1-3H3. The number of aromatic nitrogens is 1. The van der Waals surface area contributed by atoms with E-state index in [4.69, 9.17) is 9.72 Å². The first-order valence-electron chi connectivity index (χ1n) is 7.63. The molecule has 0 aliphatic carbocycles. The van der Waals surface area contributed by atoms with Crippen LogP contribution in [0.3, 0.4) is 0 Å². The molecule has 2 aromatic rings.